The molecule has 6 heteroatoms. The van der Waals surface area contributed by atoms with Gasteiger partial charge < -0.3 is 10.6 Å². The SMILES string of the molecule is Cc1ccc(CNC(=O)c2ccc3c(c2)[C@H]2C=CC[C@@H]2[C@@H](c2ccc([N+](=O)[O-])cc2)N3)cc1C. The lowest BCUT2D eigenvalue weighted by molar-refractivity contribution is -0.384. The zero-order valence-corrected chi connectivity index (χ0v) is 19.2. The van der Waals surface area contributed by atoms with E-state index in [1.54, 1.807) is 12.1 Å². The van der Waals surface area contributed by atoms with Crippen molar-refractivity contribution in [1.82, 2.24) is 5.32 Å². The number of nitro benzene ring substituents is 1. The molecule has 1 aliphatic carbocycles. The minimum absolute atomic E-state index is 0.0535. The Kier molecular flexibility index (Phi) is 5.65. The van der Waals surface area contributed by atoms with Gasteiger partial charge in [0.05, 0.1) is 11.0 Å². The number of carbonyl (C=O) groups excluding carboxylic acids is 1. The Morgan fingerprint density at radius 1 is 1.06 bits per heavy atom. The molecule has 5 rings (SSSR count). The van der Waals surface area contributed by atoms with Crippen LogP contribution in [0, 0.1) is 29.9 Å². The van der Waals surface area contributed by atoms with E-state index in [1.165, 1.54) is 11.1 Å². The number of hydrogen-bond acceptors (Lipinski definition) is 4. The van der Waals surface area contributed by atoms with Crippen LogP contribution < -0.4 is 10.6 Å². The number of nitro groups is 1. The third kappa shape index (κ3) is 4.07. The summed E-state index contributed by atoms with van der Waals surface area (Å²) in [6.07, 6.45) is 5.33. The summed E-state index contributed by atoms with van der Waals surface area (Å²) in [7, 11) is 0. The van der Waals surface area contributed by atoms with Crippen molar-refractivity contribution < 1.29 is 9.72 Å². The Morgan fingerprint density at radius 2 is 1.85 bits per heavy atom. The molecule has 0 saturated heterocycles. The molecule has 0 unspecified atom stereocenters. The predicted molar refractivity (Wildman–Crippen MR) is 133 cm³/mol. The maximum Gasteiger partial charge on any atom is 0.269 e. The highest BCUT2D eigenvalue weighted by molar-refractivity contribution is 5.95. The van der Waals surface area contributed by atoms with E-state index < -0.39 is 0 Å². The average Bonchev–Trinajstić information content (AvgIpc) is 3.34. The van der Waals surface area contributed by atoms with Crippen LogP contribution in [-0.4, -0.2) is 10.8 Å². The Labute approximate surface area is 198 Å². The fourth-order valence-corrected chi connectivity index (χ4v) is 5.07. The topological polar surface area (TPSA) is 84.3 Å². The number of amides is 1. The maximum atomic E-state index is 12.9. The van der Waals surface area contributed by atoms with E-state index in [0.717, 1.165) is 28.8 Å². The summed E-state index contributed by atoms with van der Waals surface area (Å²) in [4.78, 5) is 23.6. The van der Waals surface area contributed by atoms with Crippen molar-refractivity contribution in [3.8, 4) is 0 Å². The molecule has 3 atom stereocenters. The molecule has 3 aromatic carbocycles. The molecule has 172 valence electrons. The predicted octanol–water partition coefficient (Wildman–Crippen LogP) is 5.97. The third-order valence-corrected chi connectivity index (χ3v) is 7.11. The Balaban J connectivity index is 1.36. The number of carbonyl (C=O) groups is 1. The Morgan fingerprint density at radius 3 is 2.59 bits per heavy atom. The van der Waals surface area contributed by atoms with Crippen LogP contribution in [0.4, 0.5) is 11.4 Å². The van der Waals surface area contributed by atoms with E-state index in [2.05, 4.69) is 48.8 Å². The molecule has 1 aliphatic heterocycles. The minimum atomic E-state index is -0.375. The first kappa shape index (κ1) is 21.9. The largest absolute Gasteiger partial charge is 0.378 e. The normalized spacial score (nSPS) is 20.2. The second kappa shape index (κ2) is 8.78. The maximum absolute atomic E-state index is 12.9. The molecule has 3 aromatic rings. The smallest absolute Gasteiger partial charge is 0.269 e. The molecule has 0 bridgehead atoms. The van der Waals surface area contributed by atoms with Crippen LogP contribution >= 0.6 is 0 Å². The monoisotopic (exact) mass is 453 g/mol. The van der Waals surface area contributed by atoms with Crippen LogP contribution in [0.15, 0.2) is 72.8 Å². The zero-order chi connectivity index (χ0) is 23.8. The molecule has 0 spiro atoms. The molecule has 0 saturated carbocycles. The van der Waals surface area contributed by atoms with Crippen LogP contribution in [0.5, 0.6) is 0 Å². The number of rotatable bonds is 5. The number of non-ortho nitro benzene ring substituents is 1. The molecule has 0 fully saturated rings. The summed E-state index contributed by atoms with van der Waals surface area (Å²) in [5.41, 5.74) is 7.44. The van der Waals surface area contributed by atoms with E-state index >= 15 is 0 Å². The van der Waals surface area contributed by atoms with Crippen LogP contribution in [0.1, 0.15) is 56.6 Å². The fourth-order valence-electron chi connectivity index (χ4n) is 5.07. The highest BCUT2D eigenvalue weighted by Crippen LogP contribution is 2.50. The highest BCUT2D eigenvalue weighted by Gasteiger charge is 2.38. The van der Waals surface area contributed by atoms with Crippen LogP contribution in [0.2, 0.25) is 0 Å². The molecule has 1 amide bonds. The van der Waals surface area contributed by atoms with Gasteiger partial charge in [-0.05, 0) is 72.2 Å². The zero-order valence-electron chi connectivity index (χ0n) is 19.2. The number of anilines is 1. The first-order valence-electron chi connectivity index (χ1n) is 11.6. The molecule has 2 aliphatic rings. The van der Waals surface area contributed by atoms with Crippen molar-refractivity contribution in [2.45, 2.75) is 38.8 Å². The second-order valence-corrected chi connectivity index (χ2v) is 9.23. The minimum Gasteiger partial charge on any atom is -0.378 e. The van der Waals surface area contributed by atoms with Crippen molar-refractivity contribution in [2.24, 2.45) is 5.92 Å². The van der Waals surface area contributed by atoms with Crippen molar-refractivity contribution in [2.75, 3.05) is 5.32 Å². The lowest BCUT2D eigenvalue weighted by Crippen LogP contribution is -2.30. The number of allylic oxidation sites excluding steroid dienone is 2. The average molecular weight is 454 g/mol. The number of nitrogens with zero attached hydrogens (tertiary/aromatic N) is 1. The van der Waals surface area contributed by atoms with Gasteiger partial charge in [0, 0.05) is 35.8 Å². The molecule has 0 aromatic heterocycles. The first-order valence-corrected chi connectivity index (χ1v) is 11.6. The van der Waals surface area contributed by atoms with Crippen LogP contribution in [0.25, 0.3) is 0 Å². The van der Waals surface area contributed by atoms with Crippen molar-refractivity contribution in [3.63, 3.8) is 0 Å². The van der Waals surface area contributed by atoms with Gasteiger partial charge in [0.25, 0.3) is 11.6 Å². The standard InChI is InChI=1S/C28H27N3O3/c1-17-6-7-19(14-18(17)2)16-29-28(32)21-10-13-26-25(15-21)23-4-3-5-24(23)27(30-26)20-8-11-22(12-9-20)31(33)34/h3-4,6-15,23-24,27,30H,5,16H2,1-2H3,(H,29,32)/t23-,24-,27+/m0/s1. The van der Waals surface area contributed by atoms with Crippen molar-refractivity contribution in [3.05, 3.63) is 116 Å². The summed E-state index contributed by atoms with van der Waals surface area (Å²) in [5.74, 6) is 0.406. The first-order chi connectivity index (χ1) is 16.4. The van der Waals surface area contributed by atoms with Crippen molar-refractivity contribution in [1.29, 1.82) is 0 Å². The lowest BCUT2D eigenvalue weighted by Gasteiger charge is -2.37. The van der Waals surface area contributed by atoms with Gasteiger partial charge in [-0.2, -0.15) is 0 Å². The summed E-state index contributed by atoms with van der Waals surface area (Å²) in [6, 6.07) is 18.9. The van der Waals surface area contributed by atoms with Gasteiger partial charge in [0.15, 0.2) is 0 Å². The molecule has 34 heavy (non-hydrogen) atoms. The third-order valence-electron chi connectivity index (χ3n) is 7.11. The Hall–Kier alpha value is -3.93. The van der Waals surface area contributed by atoms with Crippen LogP contribution in [0.3, 0.4) is 0 Å². The van der Waals surface area contributed by atoms with E-state index in [9.17, 15) is 14.9 Å². The highest BCUT2D eigenvalue weighted by atomic mass is 16.6. The number of aryl methyl sites for hydroxylation is 2. The van der Waals surface area contributed by atoms with E-state index in [-0.39, 0.29) is 28.5 Å². The Bertz CT molecular complexity index is 1300. The van der Waals surface area contributed by atoms with E-state index in [0.29, 0.717) is 18.0 Å². The van der Waals surface area contributed by atoms with Crippen LogP contribution in [-0.2, 0) is 6.54 Å². The number of benzene rings is 3. The van der Waals surface area contributed by atoms with Gasteiger partial charge in [-0.3, -0.25) is 14.9 Å². The lowest BCUT2D eigenvalue weighted by atomic mass is 9.76. The van der Waals surface area contributed by atoms with Gasteiger partial charge in [-0.25, -0.2) is 0 Å². The quantitative estimate of drug-likeness (QED) is 0.283. The second-order valence-electron chi connectivity index (χ2n) is 9.23. The van der Waals surface area contributed by atoms with Gasteiger partial charge in [-0.15, -0.1) is 0 Å². The fraction of sp³-hybridized carbons (Fsp3) is 0.250. The van der Waals surface area contributed by atoms with E-state index in [1.807, 2.05) is 36.4 Å². The number of fused-ring (bicyclic) bond motifs is 3. The van der Waals surface area contributed by atoms with E-state index in [4.69, 9.17) is 0 Å². The number of nitrogens with one attached hydrogen (secondary N) is 2. The molecule has 2 N–H and O–H groups in total. The molecular formula is C28H27N3O3. The summed E-state index contributed by atoms with van der Waals surface area (Å²) >= 11 is 0. The van der Waals surface area contributed by atoms with Gasteiger partial charge in [-0.1, -0.05) is 42.5 Å². The molecular weight excluding hydrogens is 426 g/mol. The van der Waals surface area contributed by atoms with Gasteiger partial charge >= 0.3 is 0 Å². The van der Waals surface area contributed by atoms with Gasteiger partial charge in [0.1, 0.15) is 0 Å². The number of hydrogen-bond donors (Lipinski definition) is 2. The molecule has 1 heterocycles. The summed E-state index contributed by atoms with van der Waals surface area (Å²) < 4.78 is 0. The molecule has 6 nitrogen and oxygen atoms in total. The summed E-state index contributed by atoms with van der Waals surface area (Å²) in [5, 5.41) is 17.7. The van der Waals surface area contributed by atoms with Gasteiger partial charge in [0.2, 0.25) is 0 Å². The summed E-state index contributed by atoms with van der Waals surface area (Å²) in [6.45, 7) is 4.64. The van der Waals surface area contributed by atoms with Crippen molar-refractivity contribution >= 4 is 17.3 Å². The molecule has 0 radical (unpaired) electrons.